The Hall–Kier alpha value is -2.87. The molecule has 4 rings (SSSR count). The van der Waals surface area contributed by atoms with Crippen molar-refractivity contribution < 1.29 is 13.7 Å². The van der Waals surface area contributed by atoms with Gasteiger partial charge in [-0.25, -0.2) is 13.5 Å². The molecule has 0 saturated carbocycles. The van der Waals surface area contributed by atoms with Crippen molar-refractivity contribution in [3.63, 3.8) is 0 Å². The number of nitrogens with one attached hydrogen (secondary N) is 1. The number of anilines is 1. The van der Waals surface area contributed by atoms with Gasteiger partial charge in [-0.2, -0.15) is 0 Å². The van der Waals surface area contributed by atoms with Crippen LogP contribution in [0.25, 0.3) is 0 Å². The van der Waals surface area contributed by atoms with Gasteiger partial charge in [-0.1, -0.05) is 38.1 Å². The maximum atomic E-state index is 14.2. The first-order valence-electron chi connectivity index (χ1n) is 10.9. The van der Waals surface area contributed by atoms with Gasteiger partial charge in [-0.3, -0.25) is 0 Å². The van der Waals surface area contributed by atoms with Crippen molar-refractivity contribution >= 4 is 5.69 Å². The molecule has 8 heteroatoms. The van der Waals surface area contributed by atoms with Crippen LogP contribution in [-0.4, -0.2) is 46.4 Å². The quantitative estimate of drug-likeness (QED) is 0.630. The zero-order valence-corrected chi connectivity index (χ0v) is 18.0. The fourth-order valence-electron chi connectivity index (χ4n) is 4.35. The molecule has 1 N–H and O–H groups in total. The van der Waals surface area contributed by atoms with Crippen LogP contribution in [0.5, 0.6) is 0 Å². The minimum Gasteiger partial charge on any atom is -0.358 e. The summed E-state index contributed by atoms with van der Waals surface area (Å²) in [6, 6.07) is 13.5. The predicted octanol–water partition coefficient (Wildman–Crippen LogP) is 2.49. The molecular weight excluding hydrogens is 398 g/mol. The first-order valence-corrected chi connectivity index (χ1v) is 10.9. The Bertz CT molecular complexity index is 980. The number of halogens is 2. The standard InChI is InChI=1S/C23H28F2N6/c1-17(2)15-22(23-26-27-28-31(23)16-18-7-9-19(24)10-8-18)30-13-11-29(12-14-30)21-6-4-3-5-20(21)25/h3-10,17,22H,11-16H2,1-2H3/p+1/t22-/m0/s1. The van der Waals surface area contributed by atoms with E-state index in [0.29, 0.717) is 18.2 Å². The molecule has 2 aromatic carbocycles. The molecular formula is C23H29F2N6+. The van der Waals surface area contributed by atoms with Crippen molar-refractivity contribution in [1.29, 1.82) is 0 Å². The van der Waals surface area contributed by atoms with Crippen LogP contribution in [0.2, 0.25) is 0 Å². The molecule has 0 radical (unpaired) electrons. The van der Waals surface area contributed by atoms with Gasteiger partial charge in [-0.15, -0.1) is 5.10 Å². The van der Waals surface area contributed by atoms with Gasteiger partial charge >= 0.3 is 0 Å². The van der Waals surface area contributed by atoms with E-state index in [1.165, 1.54) is 23.1 Å². The van der Waals surface area contributed by atoms with Crippen molar-refractivity contribution in [2.24, 2.45) is 5.92 Å². The normalized spacial score (nSPS) is 16.1. The number of para-hydroxylation sites is 1. The molecule has 0 spiro atoms. The molecule has 164 valence electrons. The Kier molecular flexibility index (Phi) is 6.56. The summed E-state index contributed by atoms with van der Waals surface area (Å²) in [5.74, 6) is 0.911. The third-order valence-electron chi connectivity index (χ3n) is 5.92. The zero-order chi connectivity index (χ0) is 21.8. The second-order valence-corrected chi connectivity index (χ2v) is 8.60. The molecule has 31 heavy (non-hydrogen) atoms. The van der Waals surface area contributed by atoms with Gasteiger partial charge in [0.1, 0.15) is 17.7 Å². The van der Waals surface area contributed by atoms with Gasteiger partial charge in [0.05, 0.1) is 38.4 Å². The highest BCUT2D eigenvalue weighted by atomic mass is 19.1. The molecule has 1 atom stereocenters. The summed E-state index contributed by atoms with van der Waals surface area (Å²) in [6.45, 7) is 8.25. The van der Waals surface area contributed by atoms with Crippen molar-refractivity contribution in [2.45, 2.75) is 32.9 Å². The van der Waals surface area contributed by atoms with Crippen LogP contribution in [0, 0.1) is 17.6 Å². The van der Waals surface area contributed by atoms with Crippen LogP contribution >= 0.6 is 0 Å². The van der Waals surface area contributed by atoms with Crippen LogP contribution in [-0.2, 0) is 6.54 Å². The third kappa shape index (κ3) is 5.07. The van der Waals surface area contributed by atoms with E-state index >= 15 is 0 Å². The molecule has 0 amide bonds. The number of quaternary nitrogens is 1. The topological polar surface area (TPSA) is 51.3 Å². The summed E-state index contributed by atoms with van der Waals surface area (Å²) in [6.07, 6.45) is 0.957. The highest BCUT2D eigenvalue weighted by molar-refractivity contribution is 5.47. The zero-order valence-electron chi connectivity index (χ0n) is 18.0. The lowest BCUT2D eigenvalue weighted by molar-refractivity contribution is -0.934. The Morgan fingerprint density at radius 2 is 1.71 bits per heavy atom. The molecule has 0 bridgehead atoms. The fourth-order valence-corrected chi connectivity index (χ4v) is 4.35. The van der Waals surface area contributed by atoms with E-state index < -0.39 is 0 Å². The van der Waals surface area contributed by atoms with E-state index in [4.69, 9.17) is 0 Å². The summed E-state index contributed by atoms with van der Waals surface area (Å²) in [4.78, 5) is 3.53. The van der Waals surface area contributed by atoms with Gasteiger partial charge in [0.2, 0.25) is 5.82 Å². The van der Waals surface area contributed by atoms with E-state index in [9.17, 15) is 8.78 Å². The molecule has 1 aliphatic heterocycles. The molecule has 1 saturated heterocycles. The lowest BCUT2D eigenvalue weighted by Gasteiger charge is -2.37. The van der Waals surface area contributed by atoms with Gasteiger partial charge in [-0.05, 0) is 46.2 Å². The lowest BCUT2D eigenvalue weighted by Crippen LogP contribution is -3.15. The summed E-state index contributed by atoms with van der Waals surface area (Å²) in [5, 5.41) is 12.6. The number of hydrogen-bond donors (Lipinski definition) is 1. The molecule has 6 nitrogen and oxygen atoms in total. The van der Waals surface area contributed by atoms with Gasteiger partial charge in [0.25, 0.3) is 0 Å². The van der Waals surface area contributed by atoms with Gasteiger partial charge in [0.15, 0.2) is 0 Å². The summed E-state index contributed by atoms with van der Waals surface area (Å²) in [5.41, 5.74) is 1.63. The summed E-state index contributed by atoms with van der Waals surface area (Å²) < 4.78 is 29.3. The van der Waals surface area contributed by atoms with Crippen molar-refractivity contribution in [3.05, 3.63) is 71.6 Å². The summed E-state index contributed by atoms with van der Waals surface area (Å²) >= 11 is 0. The first-order chi connectivity index (χ1) is 15.0. The van der Waals surface area contributed by atoms with Crippen LogP contribution < -0.4 is 9.80 Å². The average molecular weight is 428 g/mol. The van der Waals surface area contributed by atoms with Gasteiger partial charge < -0.3 is 9.80 Å². The van der Waals surface area contributed by atoms with E-state index in [1.807, 2.05) is 16.8 Å². The minimum atomic E-state index is -0.254. The number of tetrazole rings is 1. The minimum absolute atomic E-state index is 0.151. The van der Waals surface area contributed by atoms with Gasteiger partial charge in [0, 0.05) is 6.42 Å². The highest BCUT2D eigenvalue weighted by Gasteiger charge is 2.33. The smallest absolute Gasteiger partial charge is 0.209 e. The highest BCUT2D eigenvalue weighted by Crippen LogP contribution is 2.21. The SMILES string of the molecule is CC(C)C[C@@H](c1nnnn1Cc1ccc(F)cc1)[NH+]1CCN(c2ccccc2F)CC1. The number of aromatic nitrogens is 4. The van der Waals surface area contributed by atoms with Crippen molar-refractivity contribution in [3.8, 4) is 0 Å². The molecule has 2 heterocycles. The molecule has 1 aliphatic rings. The molecule has 0 aliphatic carbocycles. The Labute approximate surface area is 181 Å². The van der Waals surface area contributed by atoms with Crippen LogP contribution in [0.1, 0.15) is 37.7 Å². The Morgan fingerprint density at radius 3 is 2.39 bits per heavy atom. The van der Waals surface area contributed by atoms with Crippen LogP contribution in [0.3, 0.4) is 0 Å². The lowest BCUT2D eigenvalue weighted by atomic mass is 10.0. The Morgan fingerprint density at radius 1 is 1.00 bits per heavy atom. The fraction of sp³-hybridized carbons (Fsp3) is 0.435. The Balaban J connectivity index is 1.51. The molecule has 1 aromatic heterocycles. The van der Waals surface area contributed by atoms with Crippen LogP contribution in [0.15, 0.2) is 48.5 Å². The van der Waals surface area contributed by atoms with E-state index in [1.54, 1.807) is 18.2 Å². The molecule has 3 aromatic rings. The number of hydrogen-bond acceptors (Lipinski definition) is 4. The van der Waals surface area contributed by atoms with Crippen LogP contribution in [0.4, 0.5) is 14.5 Å². The largest absolute Gasteiger partial charge is 0.358 e. The molecule has 1 fully saturated rings. The first kappa shape index (κ1) is 21.4. The van der Waals surface area contributed by atoms with E-state index in [-0.39, 0.29) is 17.7 Å². The average Bonchev–Trinajstić information content (AvgIpc) is 3.22. The monoisotopic (exact) mass is 427 g/mol. The maximum absolute atomic E-state index is 14.2. The van der Waals surface area contributed by atoms with Crippen molar-refractivity contribution in [2.75, 3.05) is 31.1 Å². The van der Waals surface area contributed by atoms with Crippen molar-refractivity contribution in [1.82, 2.24) is 20.2 Å². The number of benzene rings is 2. The number of rotatable bonds is 7. The third-order valence-corrected chi connectivity index (χ3v) is 5.92. The second-order valence-electron chi connectivity index (χ2n) is 8.60. The second kappa shape index (κ2) is 9.51. The number of nitrogens with zero attached hydrogens (tertiary/aromatic N) is 5. The number of piperazine rings is 1. The maximum Gasteiger partial charge on any atom is 0.209 e. The van der Waals surface area contributed by atoms with E-state index in [2.05, 4.69) is 34.3 Å². The summed E-state index contributed by atoms with van der Waals surface area (Å²) in [7, 11) is 0. The molecule has 0 unspecified atom stereocenters. The predicted molar refractivity (Wildman–Crippen MR) is 115 cm³/mol. The van der Waals surface area contributed by atoms with E-state index in [0.717, 1.165) is 44.0 Å².